The van der Waals surface area contributed by atoms with Crippen molar-refractivity contribution in [2.24, 2.45) is 0 Å². The molecule has 90 valence electrons. The van der Waals surface area contributed by atoms with Crippen LogP contribution < -0.4 is 10.6 Å². The zero-order chi connectivity index (χ0) is 12.3. The Kier molecular flexibility index (Phi) is 3.58. The van der Waals surface area contributed by atoms with Crippen molar-refractivity contribution in [2.45, 2.75) is 18.9 Å². The molecule has 1 atom stereocenters. The van der Waals surface area contributed by atoms with Crippen molar-refractivity contribution in [1.29, 1.82) is 0 Å². The summed E-state index contributed by atoms with van der Waals surface area (Å²) in [5, 5.41) is 5.65. The molecule has 2 rings (SSSR count). The Morgan fingerprint density at radius 1 is 1.59 bits per heavy atom. The number of hydrogen-bond donors (Lipinski definition) is 2. The lowest BCUT2D eigenvalue weighted by Gasteiger charge is -2.22. The van der Waals surface area contributed by atoms with Gasteiger partial charge < -0.3 is 10.6 Å². The Morgan fingerprint density at radius 3 is 3.12 bits per heavy atom. The fourth-order valence-electron chi connectivity index (χ4n) is 1.71. The van der Waals surface area contributed by atoms with Gasteiger partial charge in [0, 0.05) is 18.9 Å². The molecule has 0 aliphatic carbocycles. The molecule has 1 unspecified atom stereocenters. The van der Waals surface area contributed by atoms with Crippen LogP contribution in [-0.2, 0) is 4.79 Å². The van der Waals surface area contributed by atoms with Gasteiger partial charge in [-0.15, -0.1) is 0 Å². The molecular weight excluding hydrogens is 242 g/mol. The number of halogens is 1. The Labute approximate surface area is 104 Å². The quantitative estimate of drug-likeness (QED) is 0.817. The molecule has 0 radical (unpaired) electrons. The number of piperidine rings is 1. The van der Waals surface area contributed by atoms with E-state index in [1.807, 2.05) is 0 Å². The van der Waals surface area contributed by atoms with Crippen LogP contribution >= 0.6 is 11.6 Å². The van der Waals surface area contributed by atoms with Gasteiger partial charge in [0.25, 0.3) is 5.91 Å². The smallest absolute Gasteiger partial charge is 0.253 e. The second-order valence-electron chi connectivity index (χ2n) is 3.81. The van der Waals surface area contributed by atoms with Crippen LogP contribution in [0.4, 0.5) is 0 Å². The van der Waals surface area contributed by atoms with E-state index in [1.54, 1.807) is 0 Å². The van der Waals surface area contributed by atoms with Crippen molar-refractivity contribution in [1.82, 2.24) is 15.6 Å². The lowest BCUT2D eigenvalue weighted by molar-refractivity contribution is -0.124. The molecule has 2 heterocycles. The minimum absolute atomic E-state index is 0.144. The number of nitrogens with one attached hydrogen (secondary N) is 2. The number of pyridine rings is 1. The summed E-state index contributed by atoms with van der Waals surface area (Å²) in [6.07, 6.45) is 4.40. The molecule has 5 nitrogen and oxygen atoms in total. The largest absolute Gasteiger partial charge is 0.354 e. The summed E-state index contributed by atoms with van der Waals surface area (Å²) in [6, 6.07) is 1.05. The summed E-state index contributed by atoms with van der Waals surface area (Å²) in [4.78, 5) is 27.1. The first-order valence-electron chi connectivity index (χ1n) is 5.36. The molecule has 1 saturated heterocycles. The van der Waals surface area contributed by atoms with Gasteiger partial charge >= 0.3 is 0 Å². The van der Waals surface area contributed by atoms with Crippen LogP contribution in [0.3, 0.4) is 0 Å². The minimum Gasteiger partial charge on any atom is -0.354 e. The van der Waals surface area contributed by atoms with Gasteiger partial charge in [0.2, 0.25) is 5.91 Å². The van der Waals surface area contributed by atoms with Crippen molar-refractivity contribution in [3.05, 3.63) is 29.0 Å². The number of nitrogens with zero attached hydrogens (tertiary/aromatic N) is 1. The number of aromatic nitrogens is 1. The Morgan fingerprint density at radius 2 is 2.41 bits per heavy atom. The Hall–Kier alpha value is -1.62. The van der Waals surface area contributed by atoms with E-state index in [9.17, 15) is 9.59 Å². The standard InChI is InChI=1S/C11H12ClN3O2/c12-8-6-13-5-3-7(8)10(16)15-9-2-1-4-14-11(9)17/h3,5-6,9H,1-2,4H2,(H,14,17)(H,15,16). The molecule has 1 aliphatic heterocycles. The predicted octanol–water partition coefficient (Wildman–Crippen LogP) is 0.743. The third-order valence-electron chi connectivity index (χ3n) is 2.61. The van der Waals surface area contributed by atoms with Crippen molar-refractivity contribution < 1.29 is 9.59 Å². The van der Waals surface area contributed by atoms with Gasteiger partial charge in [-0.2, -0.15) is 0 Å². The van der Waals surface area contributed by atoms with Crippen molar-refractivity contribution >= 4 is 23.4 Å². The number of carbonyl (C=O) groups is 2. The number of rotatable bonds is 2. The first-order chi connectivity index (χ1) is 8.18. The monoisotopic (exact) mass is 253 g/mol. The van der Waals surface area contributed by atoms with E-state index in [0.29, 0.717) is 18.5 Å². The molecule has 17 heavy (non-hydrogen) atoms. The molecule has 1 fully saturated rings. The molecule has 2 amide bonds. The summed E-state index contributed by atoms with van der Waals surface area (Å²) in [6.45, 7) is 0.668. The highest BCUT2D eigenvalue weighted by Gasteiger charge is 2.24. The van der Waals surface area contributed by atoms with Gasteiger partial charge in [0.15, 0.2) is 0 Å². The van der Waals surface area contributed by atoms with Crippen molar-refractivity contribution in [3.63, 3.8) is 0 Å². The van der Waals surface area contributed by atoms with Gasteiger partial charge in [0.05, 0.1) is 10.6 Å². The summed E-state index contributed by atoms with van der Waals surface area (Å²) >= 11 is 5.85. The minimum atomic E-state index is -0.472. The van der Waals surface area contributed by atoms with E-state index >= 15 is 0 Å². The van der Waals surface area contributed by atoms with Crippen LogP contribution in [0, 0.1) is 0 Å². The second kappa shape index (κ2) is 5.14. The maximum absolute atomic E-state index is 11.9. The Balaban J connectivity index is 2.06. The van der Waals surface area contributed by atoms with Crippen LogP contribution in [0.25, 0.3) is 0 Å². The normalized spacial score (nSPS) is 19.6. The summed E-state index contributed by atoms with van der Waals surface area (Å²) in [5.41, 5.74) is 0.333. The summed E-state index contributed by atoms with van der Waals surface area (Å²) in [7, 11) is 0. The van der Waals surface area contributed by atoms with E-state index < -0.39 is 6.04 Å². The molecule has 0 spiro atoms. The van der Waals surface area contributed by atoms with Gasteiger partial charge in [-0.3, -0.25) is 14.6 Å². The topological polar surface area (TPSA) is 71.1 Å². The SMILES string of the molecule is O=C(NC1CCCNC1=O)c1ccncc1Cl. The molecule has 0 aromatic carbocycles. The fourth-order valence-corrected chi connectivity index (χ4v) is 1.91. The third-order valence-corrected chi connectivity index (χ3v) is 2.91. The number of hydrogen-bond acceptors (Lipinski definition) is 3. The zero-order valence-corrected chi connectivity index (χ0v) is 9.83. The molecule has 1 aliphatic rings. The highest BCUT2D eigenvalue weighted by molar-refractivity contribution is 6.33. The summed E-state index contributed by atoms with van der Waals surface area (Å²) < 4.78 is 0. The average molecular weight is 254 g/mol. The van der Waals surface area contributed by atoms with Crippen LogP contribution in [0.15, 0.2) is 18.5 Å². The lowest BCUT2D eigenvalue weighted by Crippen LogP contribution is -2.50. The Bertz CT molecular complexity index is 450. The fraction of sp³-hybridized carbons (Fsp3) is 0.364. The molecule has 0 bridgehead atoms. The first-order valence-corrected chi connectivity index (χ1v) is 5.74. The molecular formula is C11H12ClN3O2. The lowest BCUT2D eigenvalue weighted by atomic mass is 10.1. The van der Waals surface area contributed by atoms with Gasteiger partial charge in [0.1, 0.15) is 6.04 Å². The van der Waals surface area contributed by atoms with Gasteiger partial charge in [-0.25, -0.2) is 0 Å². The predicted molar refractivity (Wildman–Crippen MR) is 62.7 cm³/mol. The molecule has 1 aromatic rings. The summed E-state index contributed by atoms with van der Waals surface area (Å²) in [5.74, 6) is -0.491. The van der Waals surface area contributed by atoms with E-state index in [0.717, 1.165) is 6.42 Å². The maximum atomic E-state index is 11.9. The van der Waals surface area contributed by atoms with E-state index in [2.05, 4.69) is 15.6 Å². The van der Waals surface area contributed by atoms with E-state index in [4.69, 9.17) is 11.6 Å². The maximum Gasteiger partial charge on any atom is 0.253 e. The van der Waals surface area contributed by atoms with Crippen molar-refractivity contribution in [3.8, 4) is 0 Å². The zero-order valence-electron chi connectivity index (χ0n) is 9.07. The third kappa shape index (κ3) is 2.74. The first kappa shape index (κ1) is 11.9. The molecule has 0 saturated carbocycles. The number of carbonyl (C=O) groups excluding carboxylic acids is 2. The average Bonchev–Trinajstić information content (AvgIpc) is 2.32. The van der Waals surface area contributed by atoms with E-state index in [-0.39, 0.29) is 16.8 Å². The van der Waals surface area contributed by atoms with Crippen molar-refractivity contribution in [2.75, 3.05) is 6.54 Å². The van der Waals surface area contributed by atoms with Gasteiger partial charge in [-0.1, -0.05) is 11.6 Å². The van der Waals surface area contributed by atoms with Crippen LogP contribution in [-0.4, -0.2) is 29.4 Å². The highest BCUT2D eigenvalue weighted by Crippen LogP contribution is 2.14. The van der Waals surface area contributed by atoms with Gasteiger partial charge in [-0.05, 0) is 18.9 Å². The molecule has 2 N–H and O–H groups in total. The van der Waals surface area contributed by atoms with E-state index in [1.165, 1.54) is 18.5 Å². The molecule has 1 aromatic heterocycles. The number of amides is 2. The van der Waals surface area contributed by atoms with Crippen LogP contribution in [0.5, 0.6) is 0 Å². The second-order valence-corrected chi connectivity index (χ2v) is 4.22. The molecule has 6 heteroatoms. The van der Waals surface area contributed by atoms with Crippen LogP contribution in [0.2, 0.25) is 5.02 Å². The van der Waals surface area contributed by atoms with Crippen LogP contribution in [0.1, 0.15) is 23.2 Å². The highest BCUT2D eigenvalue weighted by atomic mass is 35.5.